The second-order valence-electron chi connectivity index (χ2n) is 4.49. The first-order valence-corrected chi connectivity index (χ1v) is 6.28. The summed E-state index contributed by atoms with van der Waals surface area (Å²) in [6, 6.07) is 0.254. The zero-order chi connectivity index (χ0) is 11.5. The van der Waals surface area contributed by atoms with E-state index in [2.05, 4.69) is 0 Å². The topological polar surface area (TPSA) is 55.6 Å². The van der Waals surface area contributed by atoms with E-state index in [0.29, 0.717) is 13.2 Å². The van der Waals surface area contributed by atoms with E-state index in [1.165, 1.54) is 12.8 Å². The number of rotatable bonds is 2. The summed E-state index contributed by atoms with van der Waals surface area (Å²) in [4.78, 5) is 14.2. The van der Waals surface area contributed by atoms with Gasteiger partial charge in [0.25, 0.3) is 0 Å². The van der Waals surface area contributed by atoms with Crippen molar-refractivity contribution in [2.75, 3.05) is 13.2 Å². The Labute approximate surface area is 101 Å². The van der Waals surface area contributed by atoms with Crippen molar-refractivity contribution in [3.63, 3.8) is 0 Å². The maximum Gasteiger partial charge on any atom is 0.229 e. The normalized spacial score (nSPS) is 29.6. The highest BCUT2D eigenvalue weighted by Gasteiger charge is 2.36. The van der Waals surface area contributed by atoms with Crippen LogP contribution in [0.25, 0.3) is 0 Å². The minimum absolute atomic E-state index is 0.0627. The molecule has 5 heteroatoms. The van der Waals surface area contributed by atoms with Crippen LogP contribution in [0.5, 0.6) is 0 Å². The number of fused-ring (bicyclic) bond motifs is 1. The highest BCUT2D eigenvalue weighted by atomic mass is 32.1. The van der Waals surface area contributed by atoms with E-state index in [-0.39, 0.29) is 29.5 Å². The van der Waals surface area contributed by atoms with Crippen molar-refractivity contribution >= 4 is 23.1 Å². The first-order chi connectivity index (χ1) is 7.68. The first kappa shape index (κ1) is 11.8. The van der Waals surface area contributed by atoms with E-state index in [0.717, 1.165) is 12.8 Å². The molecule has 1 saturated carbocycles. The molecular weight excluding hydrogens is 224 g/mol. The van der Waals surface area contributed by atoms with Crippen molar-refractivity contribution in [1.29, 1.82) is 0 Å². The molecule has 1 aliphatic heterocycles. The Morgan fingerprint density at radius 1 is 1.44 bits per heavy atom. The van der Waals surface area contributed by atoms with Gasteiger partial charge in [0.15, 0.2) is 0 Å². The van der Waals surface area contributed by atoms with Gasteiger partial charge in [0.2, 0.25) is 5.91 Å². The summed E-state index contributed by atoms with van der Waals surface area (Å²) in [6.07, 6.45) is 4.94. The molecule has 2 rings (SSSR count). The van der Waals surface area contributed by atoms with Gasteiger partial charge in [-0.15, -0.1) is 0 Å². The zero-order valence-corrected chi connectivity index (χ0v) is 10.2. The van der Waals surface area contributed by atoms with Crippen LogP contribution in [0.4, 0.5) is 0 Å². The summed E-state index contributed by atoms with van der Waals surface area (Å²) in [7, 11) is 0. The van der Waals surface area contributed by atoms with Crippen molar-refractivity contribution in [1.82, 2.24) is 4.90 Å². The molecule has 0 spiro atoms. The lowest BCUT2D eigenvalue weighted by Crippen LogP contribution is -2.55. The molecule has 0 bridgehead atoms. The Morgan fingerprint density at radius 3 is 2.94 bits per heavy atom. The lowest BCUT2D eigenvalue weighted by molar-refractivity contribution is -0.148. The van der Waals surface area contributed by atoms with Gasteiger partial charge in [-0.3, -0.25) is 4.79 Å². The third kappa shape index (κ3) is 2.52. The number of morpholine rings is 1. The quantitative estimate of drug-likeness (QED) is 0.729. The lowest BCUT2D eigenvalue weighted by atomic mass is 9.90. The molecule has 1 amide bonds. The van der Waals surface area contributed by atoms with E-state index in [9.17, 15) is 4.79 Å². The van der Waals surface area contributed by atoms with Gasteiger partial charge in [-0.1, -0.05) is 25.1 Å². The van der Waals surface area contributed by atoms with Crippen molar-refractivity contribution < 1.29 is 9.53 Å². The maximum atomic E-state index is 12.0. The molecule has 0 radical (unpaired) electrons. The fourth-order valence-corrected chi connectivity index (χ4v) is 2.78. The van der Waals surface area contributed by atoms with E-state index in [1.807, 2.05) is 4.90 Å². The Hall–Kier alpha value is -0.680. The van der Waals surface area contributed by atoms with Crippen molar-refractivity contribution in [2.45, 2.75) is 44.2 Å². The number of hydrogen-bond acceptors (Lipinski definition) is 3. The molecule has 2 aliphatic rings. The molecule has 2 N–H and O–H groups in total. The second-order valence-corrected chi connectivity index (χ2v) is 5.02. The zero-order valence-electron chi connectivity index (χ0n) is 9.35. The largest absolute Gasteiger partial charge is 0.393 e. The molecule has 4 nitrogen and oxygen atoms in total. The van der Waals surface area contributed by atoms with Gasteiger partial charge < -0.3 is 15.4 Å². The van der Waals surface area contributed by atoms with Crippen molar-refractivity contribution in [3.05, 3.63) is 0 Å². The standard InChI is InChI=1S/C11H18N2O2S/c12-10(16)7-11(14)13-5-6-15-9-4-2-1-3-8(9)13/h8-9H,1-7H2,(H2,12,16). The first-order valence-electron chi connectivity index (χ1n) is 5.88. The number of hydrogen-bond donors (Lipinski definition) is 1. The number of carbonyl (C=O) groups excluding carboxylic acids is 1. The fourth-order valence-electron chi connectivity index (χ4n) is 2.66. The van der Waals surface area contributed by atoms with Gasteiger partial charge in [0.1, 0.15) is 0 Å². The number of nitrogens with two attached hydrogens (primary N) is 1. The van der Waals surface area contributed by atoms with Gasteiger partial charge in [0.05, 0.1) is 30.2 Å². The summed E-state index contributed by atoms with van der Waals surface area (Å²) in [5, 5.41) is 0. The van der Waals surface area contributed by atoms with Crippen LogP contribution < -0.4 is 5.73 Å². The Bertz CT molecular complexity index is 294. The van der Waals surface area contributed by atoms with Crippen LogP contribution in [0.15, 0.2) is 0 Å². The van der Waals surface area contributed by atoms with Gasteiger partial charge in [-0.05, 0) is 12.8 Å². The molecule has 1 heterocycles. The van der Waals surface area contributed by atoms with Crippen LogP contribution in [0.2, 0.25) is 0 Å². The predicted octanol–water partition coefficient (Wildman–Crippen LogP) is 0.833. The summed E-state index contributed by atoms with van der Waals surface area (Å²) in [5.74, 6) is 0.0627. The van der Waals surface area contributed by atoms with Gasteiger partial charge in [0, 0.05) is 6.54 Å². The van der Waals surface area contributed by atoms with Crippen LogP contribution in [0.3, 0.4) is 0 Å². The van der Waals surface area contributed by atoms with Crippen molar-refractivity contribution in [2.24, 2.45) is 5.73 Å². The molecule has 90 valence electrons. The molecule has 2 unspecified atom stereocenters. The van der Waals surface area contributed by atoms with E-state index in [4.69, 9.17) is 22.7 Å². The lowest BCUT2D eigenvalue weighted by Gasteiger charge is -2.43. The van der Waals surface area contributed by atoms with Crippen LogP contribution in [-0.2, 0) is 9.53 Å². The third-order valence-electron chi connectivity index (χ3n) is 3.38. The molecular formula is C11H18N2O2S. The minimum atomic E-state index is 0.0627. The van der Waals surface area contributed by atoms with Crippen LogP contribution in [-0.4, -0.2) is 41.1 Å². The average Bonchev–Trinajstić information content (AvgIpc) is 2.27. The Morgan fingerprint density at radius 2 is 2.19 bits per heavy atom. The van der Waals surface area contributed by atoms with E-state index in [1.54, 1.807) is 0 Å². The van der Waals surface area contributed by atoms with Crippen molar-refractivity contribution in [3.8, 4) is 0 Å². The number of nitrogens with zero attached hydrogens (tertiary/aromatic N) is 1. The van der Waals surface area contributed by atoms with E-state index < -0.39 is 0 Å². The van der Waals surface area contributed by atoms with Gasteiger partial charge in [-0.25, -0.2) is 0 Å². The molecule has 0 aromatic carbocycles. The van der Waals surface area contributed by atoms with Gasteiger partial charge >= 0.3 is 0 Å². The predicted molar refractivity (Wildman–Crippen MR) is 65.1 cm³/mol. The minimum Gasteiger partial charge on any atom is -0.393 e. The highest BCUT2D eigenvalue weighted by Crippen LogP contribution is 2.28. The molecule has 0 aromatic heterocycles. The molecule has 0 aromatic rings. The maximum absolute atomic E-state index is 12.0. The molecule has 1 saturated heterocycles. The molecule has 2 atom stereocenters. The summed E-state index contributed by atoms with van der Waals surface area (Å²) >= 11 is 4.79. The molecule has 1 aliphatic carbocycles. The van der Waals surface area contributed by atoms with Crippen LogP contribution >= 0.6 is 12.2 Å². The average molecular weight is 242 g/mol. The SMILES string of the molecule is NC(=S)CC(=O)N1CCOC2CCCCC21. The monoisotopic (exact) mass is 242 g/mol. The summed E-state index contributed by atoms with van der Waals surface area (Å²) in [6.45, 7) is 1.33. The second kappa shape index (κ2) is 5.10. The number of amides is 1. The number of carbonyl (C=O) groups is 1. The van der Waals surface area contributed by atoms with Crippen LogP contribution in [0.1, 0.15) is 32.1 Å². The van der Waals surface area contributed by atoms with Crippen LogP contribution in [0, 0.1) is 0 Å². The Kier molecular flexibility index (Phi) is 3.76. The summed E-state index contributed by atoms with van der Waals surface area (Å²) < 4.78 is 5.71. The molecule has 16 heavy (non-hydrogen) atoms. The Balaban J connectivity index is 2.01. The smallest absolute Gasteiger partial charge is 0.229 e. The number of ether oxygens (including phenoxy) is 1. The fraction of sp³-hybridized carbons (Fsp3) is 0.818. The molecule has 2 fully saturated rings. The highest BCUT2D eigenvalue weighted by molar-refractivity contribution is 7.80. The summed E-state index contributed by atoms with van der Waals surface area (Å²) in [5.41, 5.74) is 5.42. The van der Waals surface area contributed by atoms with E-state index >= 15 is 0 Å². The third-order valence-corrected chi connectivity index (χ3v) is 3.52. The number of thiocarbonyl (C=S) groups is 1. The van der Waals surface area contributed by atoms with Gasteiger partial charge in [-0.2, -0.15) is 0 Å².